The van der Waals surface area contributed by atoms with E-state index in [-0.39, 0.29) is 0 Å². The van der Waals surface area contributed by atoms with Gasteiger partial charge >= 0.3 is 6.18 Å². The van der Waals surface area contributed by atoms with E-state index in [0.717, 1.165) is 44.4 Å². The molecule has 2 saturated heterocycles. The molecule has 28 heavy (non-hydrogen) atoms. The lowest BCUT2D eigenvalue weighted by Gasteiger charge is -2.39. The number of guanidine groups is 1. The minimum absolute atomic E-state index is 0.415. The van der Waals surface area contributed by atoms with Crippen molar-refractivity contribution in [1.29, 1.82) is 0 Å². The number of piperazine rings is 1. The zero-order chi connectivity index (χ0) is 20.6. The fourth-order valence-corrected chi connectivity index (χ4v) is 3.87. The Hall–Kier alpha value is -1.02. The van der Waals surface area contributed by atoms with Crippen LogP contribution in [-0.4, -0.2) is 91.8 Å². The van der Waals surface area contributed by atoms with Gasteiger partial charge in [-0.3, -0.25) is 9.89 Å². The number of piperidine rings is 1. The topological polar surface area (TPSA) is 34.1 Å². The third-order valence-corrected chi connectivity index (χ3v) is 5.99. The summed E-state index contributed by atoms with van der Waals surface area (Å²) in [6.07, 6.45) is 0.649. The summed E-state index contributed by atoms with van der Waals surface area (Å²) >= 11 is 0. The summed E-state index contributed by atoms with van der Waals surface area (Å²) in [5.41, 5.74) is 0. The minimum atomic E-state index is -4.16. The number of hydrogen-bond donors (Lipinski definition) is 1. The molecule has 8 heteroatoms. The fraction of sp³-hybridized carbons (Fsp3) is 0.950. The molecule has 0 bridgehead atoms. The second-order valence-electron chi connectivity index (χ2n) is 8.21. The van der Waals surface area contributed by atoms with Crippen molar-refractivity contribution in [3.05, 3.63) is 0 Å². The van der Waals surface area contributed by atoms with Crippen molar-refractivity contribution >= 4 is 5.96 Å². The zero-order valence-corrected chi connectivity index (χ0v) is 17.8. The summed E-state index contributed by atoms with van der Waals surface area (Å²) in [6, 6.07) is -1.38. The van der Waals surface area contributed by atoms with Crippen molar-refractivity contribution < 1.29 is 13.2 Å². The number of likely N-dealkylation sites (tertiary alicyclic amines) is 1. The first-order valence-electron chi connectivity index (χ1n) is 10.9. The van der Waals surface area contributed by atoms with E-state index in [2.05, 4.69) is 22.0 Å². The molecular formula is C20H38F3N5. The highest BCUT2D eigenvalue weighted by molar-refractivity contribution is 5.80. The first-order chi connectivity index (χ1) is 13.3. The summed E-state index contributed by atoms with van der Waals surface area (Å²) in [7, 11) is 0. The molecule has 0 aromatic rings. The largest absolute Gasteiger partial charge is 0.403 e. The highest BCUT2D eigenvalue weighted by Crippen LogP contribution is 2.25. The molecule has 0 aliphatic carbocycles. The third-order valence-electron chi connectivity index (χ3n) is 5.99. The summed E-state index contributed by atoms with van der Waals surface area (Å²) in [5.74, 6) is 1.71. The predicted octanol–water partition coefficient (Wildman–Crippen LogP) is 3.03. The lowest BCUT2D eigenvalue weighted by molar-refractivity contribution is -0.181. The molecule has 0 radical (unpaired) electrons. The second kappa shape index (κ2) is 11.2. The summed E-state index contributed by atoms with van der Waals surface area (Å²) in [5, 5.41) is 3.30. The van der Waals surface area contributed by atoms with Gasteiger partial charge in [0, 0.05) is 39.3 Å². The Balaban J connectivity index is 1.72. The van der Waals surface area contributed by atoms with Gasteiger partial charge in [0.2, 0.25) is 0 Å². The van der Waals surface area contributed by atoms with Crippen LogP contribution < -0.4 is 5.32 Å². The monoisotopic (exact) mass is 405 g/mol. The molecule has 2 rings (SSSR count). The molecule has 2 heterocycles. The maximum absolute atomic E-state index is 12.9. The second-order valence-corrected chi connectivity index (χ2v) is 8.21. The Labute approximate surface area is 168 Å². The van der Waals surface area contributed by atoms with Gasteiger partial charge in [0.1, 0.15) is 6.04 Å². The number of unbranched alkanes of at least 4 members (excludes halogenated alkanes) is 1. The van der Waals surface area contributed by atoms with E-state index in [0.29, 0.717) is 26.2 Å². The standard InChI is InChI=1S/C20H38F3N5/c1-4-24-19(25-9-5-6-10-26-11-7-17(2)8-12-26)28-15-13-27(14-16-28)18(3)20(21,22)23/h17-18H,4-16H2,1-3H3,(H,24,25). The molecule has 1 atom stereocenters. The summed E-state index contributed by atoms with van der Waals surface area (Å²) in [6.45, 7) is 12.7. The number of hydrogen-bond acceptors (Lipinski definition) is 3. The SMILES string of the molecule is CCNC(=NCCCCN1CCC(C)CC1)N1CCN(C(C)C(F)(F)F)CC1. The Morgan fingerprint density at radius 1 is 1.07 bits per heavy atom. The molecule has 164 valence electrons. The molecular weight excluding hydrogens is 367 g/mol. The molecule has 0 spiro atoms. The highest BCUT2D eigenvalue weighted by atomic mass is 19.4. The number of nitrogens with zero attached hydrogens (tertiary/aromatic N) is 4. The van der Waals surface area contributed by atoms with Crippen molar-refractivity contribution in [3.63, 3.8) is 0 Å². The Bertz CT molecular complexity index is 467. The van der Waals surface area contributed by atoms with Gasteiger partial charge in [0.05, 0.1) is 0 Å². The normalized spacial score (nSPS) is 22.5. The van der Waals surface area contributed by atoms with E-state index < -0.39 is 12.2 Å². The Morgan fingerprint density at radius 3 is 2.29 bits per heavy atom. The smallest absolute Gasteiger partial charge is 0.357 e. The van der Waals surface area contributed by atoms with Crippen LogP contribution in [0.2, 0.25) is 0 Å². The van der Waals surface area contributed by atoms with Gasteiger partial charge in [-0.05, 0) is 65.1 Å². The average molecular weight is 406 g/mol. The molecule has 0 aromatic heterocycles. The molecule has 2 aliphatic rings. The van der Waals surface area contributed by atoms with Crippen molar-refractivity contribution in [3.8, 4) is 0 Å². The number of aliphatic imine (C=N–C) groups is 1. The van der Waals surface area contributed by atoms with Crippen LogP contribution >= 0.6 is 0 Å². The number of rotatable bonds is 7. The lowest BCUT2D eigenvalue weighted by Crippen LogP contribution is -2.56. The maximum Gasteiger partial charge on any atom is 0.403 e. The maximum atomic E-state index is 12.9. The van der Waals surface area contributed by atoms with Crippen LogP contribution in [0.1, 0.15) is 46.5 Å². The number of nitrogens with one attached hydrogen (secondary N) is 1. The minimum Gasteiger partial charge on any atom is -0.357 e. The van der Waals surface area contributed by atoms with Crippen molar-refractivity contribution in [2.75, 3.05) is 58.9 Å². The number of alkyl halides is 3. The van der Waals surface area contributed by atoms with E-state index in [1.165, 1.54) is 37.8 Å². The van der Waals surface area contributed by atoms with Gasteiger partial charge in [-0.1, -0.05) is 6.92 Å². The molecule has 1 N–H and O–H groups in total. The summed E-state index contributed by atoms with van der Waals surface area (Å²) < 4.78 is 38.7. The van der Waals surface area contributed by atoms with E-state index in [1.807, 2.05) is 6.92 Å². The summed E-state index contributed by atoms with van der Waals surface area (Å²) in [4.78, 5) is 10.9. The first kappa shape index (κ1) is 23.3. The van der Waals surface area contributed by atoms with Gasteiger partial charge < -0.3 is 15.1 Å². The van der Waals surface area contributed by atoms with E-state index in [4.69, 9.17) is 4.99 Å². The zero-order valence-electron chi connectivity index (χ0n) is 17.8. The van der Waals surface area contributed by atoms with Gasteiger partial charge in [-0.25, -0.2) is 0 Å². The van der Waals surface area contributed by atoms with Crippen LogP contribution in [-0.2, 0) is 0 Å². The van der Waals surface area contributed by atoms with Crippen LogP contribution in [0, 0.1) is 5.92 Å². The molecule has 2 aliphatic heterocycles. The molecule has 1 unspecified atom stereocenters. The Kier molecular flexibility index (Phi) is 9.34. The van der Waals surface area contributed by atoms with Crippen LogP contribution in [0.3, 0.4) is 0 Å². The van der Waals surface area contributed by atoms with Crippen molar-refractivity contribution in [2.24, 2.45) is 10.9 Å². The van der Waals surface area contributed by atoms with E-state index in [1.54, 1.807) is 0 Å². The molecule has 5 nitrogen and oxygen atoms in total. The molecule has 0 saturated carbocycles. The predicted molar refractivity (Wildman–Crippen MR) is 109 cm³/mol. The van der Waals surface area contributed by atoms with Crippen LogP contribution in [0.5, 0.6) is 0 Å². The van der Waals surface area contributed by atoms with Crippen LogP contribution in [0.25, 0.3) is 0 Å². The fourth-order valence-electron chi connectivity index (χ4n) is 3.87. The quantitative estimate of drug-likeness (QED) is 0.401. The van der Waals surface area contributed by atoms with Gasteiger partial charge in [-0.15, -0.1) is 0 Å². The van der Waals surface area contributed by atoms with Crippen molar-refractivity contribution in [2.45, 2.75) is 58.7 Å². The van der Waals surface area contributed by atoms with Crippen LogP contribution in [0.4, 0.5) is 13.2 Å². The van der Waals surface area contributed by atoms with E-state index in [9.17, 15) is 13.2 Å². The lowest BCUT2D eigenvalue weighted by atomic mass is 9.99. The van der Waals surface area contributed by atoms with Gasteiger partial charge in [0.25, 0.3) is 0 Å². The van der Waals surface area contributed by atoms with Crippen molar-refractivity contribution in [1.82, 2.24) is 20.0 Å². The molecule has 2 fully saturated rings. The molecule has 0 amide bonds. The van der Waals surface area contributed by atoms with Gasteiger partial charge in [0.15, 0.2) is 5.96 Å². The van der Waals surface area contributed by atoms with Gasteiger partial charge in [-0.2, -0.15) is 13.2 Å². The molecule has 0 aromatic carbocycles. The highest BCUT2D eigenvalue weighted by Gasteiger charge is 2.41. The van der Waals surface area contributed by atoms with E-state index >= 15 is 0 Å². The van der Waals surface area contributed by atoms with Crippen LogP contribution in [0.15, 0.2) is 4.99 Å². The third kappa shape index (κ3) is 7.43. The Morgan fingerprint density at radius 2 is 1.71 bits per heavy atom. The number of halogens is 3. The average Bonchev–Trinajstić information content (AvgIpc) is 2.67. The first-order valence-corrected chi connectivity index (χ1v) is 10.9.